The second-order valence-corrected chi connectivity index (χ2v) is 7.21. The van der Waals surface area contributed by atoms with Crippen LogP contribution in [0.25, 0.3) is 0 Å². The Morgan fingerprint density at radius 3 is 2.92 bits per heavy atom. The van der Waals surface area contributed by atoms with Gasteiger partial charge in [-0.15, -0.1) is 0 Å². The van der Waals surface area contributed by atoms with Crippen LogP contribution in [0, 0.1) is 0 Å². The van der Waals surface area contributed by atoms with Crippen molar-refractivity contribution in [3.63, 3.8) is 0 Å². The molecule has 0 radical (unpaired) electrons. The standard InChI is InChI=1S/C20H25N3O3/c1-21(18-11-10-15-7-2-3-9-17(15)26-18)12-4-5-13-23-19(24)16-8-6-14-22(16)20(23)25/h2-5,7,9,16,18H,6,8,10-14H2,1H3/b5-4+. The Labute approximate surface area is 154 Å². The molecule has 2 atom stereocenters. The lowest BCUT2D eigenvalue weighted by Crippen LogP contribution is -2.39. The molecule has 26 heavy (non-hydrogen) atoms. The van der Waals surface area contributed by atoms with Gasteiger partial charge in [0.05, 0.1) is 0 Å². The zero-order valence-electron chi connectivity index (χ0n) is 15.1. The van der Waals surface area contributed by atoms with Crippen molar-refractivity contribution in [2.75, 3.05) is 26.7 Å². The van der Waals surface area contributed by atoms with E-state index in [-0.39, 0.29) is 24.2 Å². The Morgan fingerprint density at radius 1 is 1.23 bits per heavy atom. The summed E-state index contributed by atoms with van der Waals surface area (Å²) in [5.74, 6) is 0.922. The molecule has 1 aromatic carbocycles. The van der Waals surface area contributed by atoms with Gasteiger partial charge >= 0.3 is 6.03 Å². The van der Waals surface area contributed by atoms with Crippen LogP contribution in [0.4, 0.5) is 4.79 Å². The number of aryl methyl sites for hydroxylation is 1. The van der Waals surface area contributed by atoms with Crippen LogP contribution in [0.2, 0.25) is 0 Å². The van der Waals surface area contributed by atoms with Crippen LogP contribution >= 0.6 is 0 Å². The van der Waals surface area contributed by atoms with Crippen molar-refractivity contribution in [2.45, 2.75) is 38.0 Å². The fourth-order valence-corrected chi connectivity index (χ4v) is 4.01. The van der Waals surface area contributed by atoms with E-state index in [4.69, 9.17) is 4.74 Å². The number of hydrogen-bond acceptors (Lipinski definition) is 4. The van der Waals surface area contributed by atoms with E-state index in [0.717, 1.165) is 38.0 Å². The van der Waals surface area contributed by atoms with Gasteiger partial charge in [0.15, 0.2) is 6.23 Å². The molecule has 3 aliphatic rings. The summed E-state index contributed by atoms with van der Waals surface area (Å²) in [6, 6.07) is 7.82. The van der Waals surface area contributed by atoms with Crippen LogP contribution in [0.3, 0.4) is 0 Å². The van der Waals surface area contributed by atoms with Crippen molar-refractivity contribution < 1.29 is 14.3 Å². The van der Waals surface area contributed by atoms with Gasteiger partial charge in [-0.1, -0.05) is 30.4 Å². The molecular weight excluding hydrogens is 330 g/mol. The number of urea groups is 1. The molecule has 6 heteroatoms. The predicted octanol–water partition coefficient (Wildman–Crippen LogP) is 2.25. The van der Waals surface area contributed by atoms with Gasteiger partial charge in [-0.25, -0.2) is 4.79 Å². The fourth-order valence-electron chi connectivity index (χ4n) is 4.01. The molecular formula is C20H25N3O3. The summed E-state index contributed by atoms with van der Waals surface area (Å²) in [7, 11) is 2.03. The highest BCUT2D eigenvalue weighted by Gasteiger charge is 2.46. The molecule has 0 aliphatic carbocycles. The van der Waals surface area contributed by atoms with Crippen molar-refractivity contribution >= 4 is 11.9 Å². The van der Waals surface area contributed by atoms with Crippen LogP contribution in [0.1, 0.15) is 24.8 Å². The smallest absolute Gasteiger partial charge is 0.327 e. The summed E-state index contributed by atoms with van der Waals surface area (Å²) in [6.07, 6.45) is 7.67. The summed E-state index contributed by atoms with van der Waals surface area (Å²) in [5, 5.41) is 0. The van der Waals surface area contributed by atoms with Crippen molar-refractivity contribution in [3.8, 4) is 5.75 Å². The number of carbonyl (C=O) groups excluding carboxylic acids is 2. The number of para-hydroxylation sites is 1. The van der Waals surface area contributed by atoms with Gasteiger partial charge in [-0.2, -0.15) is 0 Å². The van der Waals surface area contributed by atoms with Crippen LogP contribution < -0.4 is 4.74 Å². The topological polar surface area (TPSA) is 53.1 Å². The number of benzene rings is 1. The molecule has 0 bridgehead atoms. The van der Waals surface area contributed by atoms with Crippen molar-refractivity contribution in [1.82, 2.24) is 14.7 Å². The minimum absolute atomic E-state index is 0.0438. The molecule has 3 aliphatic heterocycles. The number of likely N-dealkylation sites (N-methyl/N-ethyl adjacent to an activating group) is 1. The summed E-state index contributed by atoms with van der Waals surface area (Å²) in [4.78, 5) is 29.8. The number of ether oxygens (including phenoxy) is 1. The largest absolute Gasteiger partial charge is 0.475 e. The minimum atomic E-state index is -0.214. The maximum Gasteiger partial charge on any atom is 0.327 e. The lowest BCUT2D eigenvalue weighted by atomic mass is 10.0. The summed E-state index contributed by atoms with van der Waals surface area (Å²) >= 11 is 0. The monoisotopic (exact) mass is 355 g/mol. The van der Waals surface area contributed by atoms with E-state index in [1.165, 1.54) is 10.5 Å². The molecule has 0 spiro atoms. The van der Waals surface area contributed by atoms with Gasteiger partial charge in [0.2, 0.25) is 0 Å². The average Bonchev–Trinajstić information content (AvgIpc) is 3.23. The molecule has 138 valence electrons. The van der Waals surface area contributed by atoms with Gasteiger partial charge in [0, 0.05) is 26.1 Å². The molecule has 3 heterocycles. The van der Waals surface area contributed by atoms with Crippen LogP contribution in [-0.2, 0) is 11.2 Å². The van der Waals surface area contributed by atoms with Crippen LogP contribution in [0.5, 0.6) is 5.75 Å². The third kappa shape index (κ3) is 3.09. The molecule has 0 N–H and O–H groups in total. The van der Waals surface area contributed by atoms with Crippen molar-refractivity contribution in [2.24, 2.45) is 0 Å². The normalized spacial score (nSPS) is 25.2. The molecule has 3 amide bonds. The van der Waals surface area contributed by atoms with E-state index < -0.39 is 0 Å². The Morgan fingerprint density at radius 2 is 2.08 bits per heavy atom. The van der Waals surface area contributed by atoms with Crippen molar-refractivity contribution in [3.05, 3.63) is 42.0 Å². The van der Waals surface area contributed by atoms with E-state index >= 15 is 0 Å². The summed E-state index contributed by atoms with van der Waals surface area (Å²) in [6.45, 7) is 1.78. The van der Waals surface area contributed by atoms with Gasteiger partial charge in [-0.05, 0) is 37.9 Å². The van der Waals surface area contributed by atoms with E-state index in [1.807, 2.05) is 37.4 Å². The average molecular weight is 355 g/mol. The maximum absolute atomic E-state index is 12.3. The third-order valence-electron chi connectivity index (χ3n) is 5.52. The zero-order valence-corrected chi connectivity index (χ0v) is 15.1. The molecule has 1 aromatic rings. The fraction of sp³-hybridized carbons (Fsp3) is 0.500. The maximum atomic E-state index is 12.3. The highest BCUT2D eigenvalue weighted by molar-refractivity contribution is 6.04. The Bertz CT molecular complexity index is 711. The zero-order chi connectivity index (χ0) is 18.1. The molecule has 6 nitrogen and oxygen atoms in total. The number of hydrogen-bond donors (Lipinski definition) is 0. The van der Waals surface area contributed by atoms with E-state index in [1.54, 1.807) is 4.90 Å². The summed E-state index contributed by atoms with van der Waals surface area (Å²) < 4.78 is 6.08. The Hall–Kier alpha value is -2.34. The first-order valence-electron chi connectivity index (χ1n) is 9.37. The second-order valence-electron chi connectivity index (χ2n) is 7.21. The highest BCUT2D eigenvalue weighted by Crippen LogP contribution is 2.28. The lowest BCUT2D eigenvalue weighted by Gasteiger charge is -2.32. The first-order valence-corrected chi connectivity index (χ1v) is 9.37. The van der Waals surface area contributed by atoms with Crippen molar-refractivity contribution in [1.29, 1.82) is 0 Å². The van der Waals surface area contributed by atoms with Gasteiger partial charge in [-0.3, -0.25) is 14.6 Å². The molecule has 2 fully saturated rings. The number of carbonyl (C=O) groups is 2. The molecule has 2 unspecified atom stereocenters. The molecule has 0 aromatic heterocycles. The highest BCUT2D eigenvalue weighted by atomic mass is 16.5. The number of rotatable bonds is 5. The number of fused-ring (bicyclic) bond motifs is 2. The SMILES string of the molecule is CN(C/C=C/CN1C(=O)C2CCCN2C1=O)C1CCc2ccccc2O1. The first kappa shape index (κ1) is 17.1. The van der Waals surface area contributed by atoms with Crippen LogP contribution in [0.15, 0.2) is 36.4 Å². The molecule has 0 saturated carbocycles. The van der Waals surface area contributed by atoms with Gasteiger partial charge < -0.3 is 9.64 Å². The van der Waals surface area contributed by atoms with Gasteiger partial charge in [0.1, 0.15) is 11.8 Å². The quantitative estimate of drug-likeness (QED) is 0.601. The van der Waals surface area contributed by atoms with E-state index in [9.17, 15) is 9.59 Å². The lowest BCUT2D eigenvalue weighted by molar-refractivity contribution is -0.127. The number of nitrogens with zero attached hydrogens (tertiary/aromatic N) is 3. The Kier molecular flexibility index (Phi) is 4.68. The Balaban J connectivity index is 1.28. The summed E-state index contributed by atoms with van der Waals surface area (Å²) in [5.41, 5.74) is 1.26. The molecule has 4 rings (SSSR count). The minimum Gasteiger partial charge on any atom is -0.475 e. The van der Waals surface area contributed by atoms with E-state index in [0.29, 0.717) is 13.1 Å². The van der Waals surface area contributed by atoms with Gasteiger partial charge in [0.25, 0.3) is 5.91 Å². The predicted molar refractivity (Wildman–Crippen MR) is 97.8 cm³/mol. The van der Waals surface area contributed by atoms with Crippen LogP contribution in [-0.4, -0.2) is 65.6 Å². The first-order chi connectivity index (χ1) is 12.6. The number of amides is 3. The van der Waals surface area contributed by atoms with E-state index in [2.05, 4.69) is 11.0 Å². The molecule has 2 saturated heterocycles. The number of imide groups is 1. The second kappa shape index (κ2) is 7.11. The third-order valence-corrected chi connectivity index (χ3v) is 5.52.